The van der Waals surface area contributed by atoms with Gasteiger partial charge >= 0.3 is 0 Å². The van der Waals surface area contributed by atoms with E-state index in [1.54, 1.807) is 0 Å². The van der Waals surface area contributed by atoms with Crippen LogP contribution in [0.4, 0.5) is 5.69 Å². The van der Waals surface area contributed by atoms with Crippen molar-refractivity contribution in [3.8, 4) is 0 Å². The number of piperazine rings is 1. The molecule has 133 valence electrons. The molecule has 2 aromatic rings. The molecular weight excluding hydrogens is 316 g/mol. The quantitative estimate of drug-likeness (QED) is 0.788. The smallest absolute Gasteiger partial charge is 0.0367 e. The van der Waals surface area contributed by atoms with Crippen LogP contribution in [0.25, 0.3) is 0 Å². The summed E-state index contributed by atoms with van der Waals surface area (Å²) in [5.74, 6) is 0. The van der Waals surface area contributed by atoms with Crippen molar-refractivity contribution in [3.05, 3.63) is 95.9 Å². The van der Waals surface area contributed by atoms with Crippen LogP contribution >= 0.6 is 0 Å². The van der Waals surface area contributed by atoms with Crippen molar-refractivity contribution in [1.29, 1.82) is 0 Å². The zero-order valence-electron chi connectivity index (χ0n) is 15.3. The van der Waals surface area contributed by atoms with Gasteiger partial charge in [0.2, 0.25) is 0 Å². The SMILES string of the molecule is [CH]1CC=C(CN2CCN(c3ccccc3)CC2)C=C1Cc1ccccc1. The summed E-state index contributed by atoms with van der Waals surface area (Å²) in [4.78, 5) is 5.09. The number of rotatable bonds is 5. The Morgan fingerprint density at radius 3 is 2.15 bits per heavy atom. The lowest BCUT2D eigenvalue weighted by Crippen LogP contribution is -2.46. The third kappa shape index (κ3) is 4.44. The van der Waals surface area contributed by atoms with Crippen LogP contribution in [0.5, 0.6) is 0 Å². The summed E-state index contributed by atoms with van der Waals surface area (Å²) in [5.41, 5.74) is 5.68. The van der Waals surface area contributed by atoms with Crippen LogP contribution in [-0.2, 0) is 6.42 Å². The maximum atomic E-state index is 2.59. The third-order valence-electron chi connectivity index (χ3n) is 5.28. The molecule has 0 bridgehead atoms. The Hall–Kier alpha value is -2.32. The number of allylic oxidation sites excluding steroid dienone is 2. The van der Waals surface area contributed by atoms with Crippen LogP contribution in [0.1, 0.15) is 12.0 Å². The standard InChI is InChI=1S/C24H27N2/c1-3-8-21(9-4-1)18-22-10-7-11-23(19-22)20-25-14-16-26(17-15-25)24-12-5-2-6-13-24/h1-6,8-13,19H,7,14-18,20H2. The monoisotopic (exact) mass is 343 g/mol. The number of hydrogen-bond acceptors (Lipinski definition) is 2. The first kappa shape index (κ1) is 17.1. The summed E-state index contributed by atoms with van der Waals surface area (Å²) in [6.07, 6.45) is 9.26. The topological polar surface area (TPSA) is 6.48 Å². The molecule has 1 heterocycles. The van der Waals surface area contributed by atoms with Crippen molar-refractivity contribution in [2.24, 2.45) is 0 Å². The van der Waals surface area contributed by atoms with E-state index in [4.69, 9.17) is 0 Å². The van der Waals surface area contributed by atoms with E-state index in [1.165, 1.54) is 22.4 Å². The lowest BCUT2D eigenvalue weighted by molar-refractivity contribution is 0.279. The summed E-state index contributed by atoms with van der Waals surface area (Å²) < 4.78 is 0. The second kappa shape index (κ2) is 8.37. The van der Waals surface area contributed by atoms with Gasteiger partial charge in [-0.25, -0.2) is 0 Å². The van der Waals surface area contributed by atoms with E-state index in [2.05, 4.69) is 89.0 Å². The van der Waals surface area contributed by atoms with E-state index in [0.29, 0.717) is 0 Å². The molecule has 0 amide bonds. The van der Waals surface area contributed by atoms with Gasteiger partial charge in [0.15, 0.2) is 0 Å². The van der Waals surface area contributed by atoms with Crippen LogP contribution in [0, 0.1) is 6.42 Å². The van der Waals surface area contributed by atoms with Crippen molar-refractivity contribution >= 4 is 5.69 Å². The molecule has 26 heavy (non-hydrogen) atoms. The molecule has 0 saturated carbocycles. The minimum atomic E-state index is 1.04. The van der Waals surface area contributed by atoms with Crippen LogP contribution in [-0.4, -0.2) is 37.6 Å². The summed E-state index contributed by atoms with van der Waals surface area (Å²) in [6.45, 7) is 5.58. The second-order valence-electron chi connectivity index (χ2n) is 7.20. The third-order valence-corrected chi connectivity index (χ3v) is 5.28. The zero-order valence-corrected chi connectivity index (χ0v) is 15.3. The van der Waals surface area contributed by atoms with Crippen LogP contribution in [0.2, 0.25) is 0 Å². The predicted octanol–water partition coefficient (Wildman–Crippen LogP) is 4.51. The molecule has 1 saturated heterocycles. The van der Waals surface area contributed by atoms with Gasteiger partial charge in [-0.3, -0.25) is 4.90 Å². The Balaban J connectivity index is 1.31. The lowest BCUT2D eigenvalue weighted by Gasteiger charge is -2.36. The highest BCUT2D eigenvalue weighted by molar-refractivity contribution is 5.46. The van der Waals surface area contributed by atoms with Gasteiger partial charge in [0, 0.05) is 38.4 Å². The Bertz CT molecular complexity index is 753. The van der Waals surface area contributed by atoms with Crippen molar-refractivity contribution in [1.82, 2.24) is 4.90 Å². The highest BCUT2D eigenvalue weighted by Crippen LogP contribution is 2.22. The molecule has 2 nitrogen and oxygen atoms in total. The average molecular weight is 343 g/mol. The molecule has 1 aliphatic heterocycles. The minimum absolute atomic E-state index is 1.04. The van der Waals surface area contributed by atoms with Gasteiger partial charge in [-0.15, -0.1) is 0 Å². The first-order chi connectivity index (χ1) is 12.9. The summed E-state index contributed by atoms with van der Waals surface area (Å²) >= 11 is 0. The number of nitrogens with zero attached hydrogens (tertiary/aromatic N) is 2. The molecule has 1 fully saturated rings. The van der Waals surface area contributed by atoms with Crippen molar-refractivity contribution in [2.75, 3.05) is 37.6 Å². The summed E-state index contributed by atoms with van der Waals surface area (Å²) in [5, 5.41) is 0. The molecule has 0 N–H and O–H groups in total. The fourth-order valence-electron chi connectivity index (χ4n) is 3.84. The summed E-state index contributed by atoms with van der Waals surface area (Å²) in [7, 11) is 0. The van der Waals surface area contributed by atoms with E-state index in [9.17, 15) is 0 Å². The average Bonchev–Trinajstić information content (AvgIpc) is 2.70. The first-order valence-electron chi connectivity index (χ1n) is 9.66. The van der Waals surface area contributed by atoms with E-state index in [-0.39, 0.29) is 0 Å². The number of benzene rings is 2. The molecule has 0 atom stereocenters. The lowest BCUT2D eigenvalue weighted by atomic mass is 9.94. The Morgan fingerprint density at radius 1 is 0.731 bits per heavy atom. The summed E-state index contributed by atoms with van der Waals surface area (Å²) in [6, 6.07) is 21.6. The largest absolute Gasteiger partial charge is 0.369 e. The predicted molar refractivity (Wildman–Crippen MR) is 110 cm³/mol. The van der Waals surface area contributed by atoms with Gasteiger partial charge in [-0.2, -0.15) is 0 Å². The van der Waals surface area contributed by atoms with E-state index in [0.717, 1.165) is 45.6 Å². The molecule has 0 unspecified atom stereocenters. The fourth-order valence-corrected chi connectivity index (χ4v) is 3.84. The fraction of sp³-hybridized carbons (Fsp3) is 0.292. The Morgan fingerprint density at radius 2 is 1.42 bits per heavy atom. The number of para-hydroxylation sites is 1. The van der Waals surface area contributed by atoms with Crippen molar-refractivity contribution in [2.45, 2.75) is 12.8 Å². The van der Waals surface area contributed by atoms with Gasteiger partial charge in [0.25, 0.3) is 0 Å². The van der Waals surface area contributed by atoms with Gasteiger partial charge in [-0.05, 0) is 42.5 Å². The molecule has 1 radical (unpaired) electrons. The maximum absolute atomic E-state index is 2.59. The molecule has 2 aromatic carbocycles. The molecule has 4 rings (SSSR count). The zero-order chi connectivity index (χ0) is 17.6. The van der Waals surface area contributed by atoms with Gasteiger partial charge in [-0.1, -0.05) is 66.3 Å². The minimum Gasteiger partial charge on any atom is -0.369 e. The second-order valence-corrected chi connectivity index (χ2v) is 7.20. The first-order valence-corrected chi connectivity index (χ1v) is 9.66. The highest BCUT2D eigenvalue weighted by Gasteiger charge is 2.18. The Labute approximate surface area is 157 Å². The molecule has 2 aliphatic rings. The molecular formula is C24H27N2. The molecule has 0 spiro atoms. The van der Waals surface area contributed by atoms with Gasteiger partial charge in [0.1, 0.15) is 0 Å². The highest BCUT2D eigenvalue weighted by atomic mass is 15.3. The van der Waals surface area contributed by atoms with Gasteiger partial charge < -0.3 is 4.90 Å². The number of anilines is 1. The van der Waals surface area contributed by atoms with Crippen molar-refractivity contribution < 1.29 is 0 Å². The van der Waals surface area contributed by atoms with Crippen LogP contribution < -0.4 is 4.90 Å². The molecule has 1 aliphatic carbocycles. The normalized spacial score (nSPS) is 18.4. The number of hydrogen-bond donors (Lipinski definition) is 0. The van der Waals surface area contributed by atoms with E-state index in [1.807, 2.05) is 0 Å². The molecule has 2 heteroatoms. The maximum Gasteiger partial charge on any atom is 0.0367 e. The van der Waals surface area contributed by atoms with Crippen LogP contribution in [0.15, 0.2) is 84.0 Å². The van der Waals surface area contributed by atoms with E-state index >= 15 is 0 Å². The van der Waals surface area contributed by atoms with Crippen LogP contribution in [0.3, 0.4) is 0 Å². The van der Waals surface area contributed by atoms with E-state index < -0.39 is 0 Å². The van der Waals surface area contributed by atoms with Gasteiger partial charge in [0.05, 0.1) is 0 Å². The van der Waals surface area contributed by atoms with Crippen molar-refractivity contribution in [3.63, 3.8) is 0 Å². The Kier molecular flexibility index (Phi) is 5.51. The molecule has 0 aromatic heterocycles.